The van der Waals surface area contributed by atoms with Crippen molar-refractivity contribution in [2.75, 3.05) is 24.3 Å². The molecule has 1 amide bonds. The van der Waals surface area contributed by atoms with Crippen molar-refractivity contribution in [3.05, 3.63) is 66.9 Å². The lowest BCUT2D eigenvalue weighted by Crippen LogP contribution is -2.16. The molecule has 0 bridgehead atoms. The van der Waals surface area contributed by atoms with E-state index in [1.54, 1.807) is 44.0 Å². The van der Waals surface area contributed by atoms with Crippen LogP contribution in [-0.4, -0.2) is 34.1 Å². The van der Waals surface area contributed by atoms with Crippen LogP contribution in [0.3, 0.4) is 0 Å². The molecule has 1 aromatic carbocycles. The molecule has 0 aliphatic rings. The summed E-state index contributed by atoms with van der Waals surface area (Å²) in [4.78, 5) is 20.9. The van der Waals surface area contributed by atoms with Gasteiger partial charge in [-0.25, -0.2) is 9.97 Å². The highest BCUT2D eigenvalue weighted by atomic mass is 16.5. The summed E-state index contributed by atoms with van der Waals surface area (Å²) >= 11 is 0. The third-order valence-electron chi connectivity index (χ3n) is 3.82. The van der Waals surface area contributed by atoms with Crippen molar-refractivity contribution in [1.29, 1.82) is 0 Å². The van der Waals surface area contributed by atoms with E-state index >= 15 is 0 Å². The second-order valence-corrected chi connectivity index (χ2v) is 5.67. The van der Waals surface area contributed by atoms with Crippen molar-refractivity contribution < 1.29 is 9.53 Å². The fourth-order valence-corrected chi connectivity index (χ4v) is 2.52. The van der Waals surface area contributed by atoms with Gasteiger partial charge in [0.05, 0.1) is 19.0 Å². The van der Waals surface area contributed by atoms with E-state index in [-0.39, 0.29) is 5.91 Å². The van der Waals surface area contributed by atoms with E-state index in [4.69, 9.17) is 4.74 Å². The van der Waals surface area contributed by atoms with Crippen molar-refractivity contribution in [3.8, 4) is 5.75 Å². The van der Waals surface area contributed by atoms with Gasteiger partial charge in [-0.1, -0.05) is 6.07 Å². The van der Waals surface area contributed by atoms with Crippen molar-refractivity contribution in [3.63, 3.8) is 0 Å². The highest BCUT2D eigenvalue weighted by Crippen LogP contribution is 2.19. The maximum absolute atomic E-state index is 12.6. The number of amides is 1. The number of imidazole rings is 1. The first-order valence-corrected chi connectivity index (χ1v) is 8.36. The van der Waals surface area contributed by atoms with Gasteiger partial charge in [0.15, 0.2) is 0 Å². The molecular formula is C19H21N5O2. The highest BCUT2D eigenvalue weighted by Gasteiger charge is 2.12. The molecule has 26 heavy (non-hydrogen) atoms. The Hall–Kier alpha value is -3.35. The Labute approximate surface area is 152 Å². The Morgan fingerprint density at radius 1 is 1.23 bits per heavy atom. The summed E-state index contributed by atoms with van der Waals surface area (Å²) in [6.07, 6.45) is 8.03. The van der Waals surface area contributed by atoms with Crippen molar-refractivity contribution in [1.82, 2.24) is 14.5 Å². The first kappa shape index (κ1) is 17.5. The third-order valence-corrected chi connectivity index (χ3v) is 3.82. The number of carbonyl (C=O) groups is 1. The molecule has 0 spiro atoms. The molecule has 7 nitrogen and oxygen atoms in total. The summed E-state index contributed by atoms with van der Waals surface area (Å²) in [5.41, 5.74) is 1.17. The molecule has 0 atom stereocenters. The fraction of sp³-hybridized carbons (Fsp3) is 0.211. The number of methoxy groups -OCH3 is 1. The number of hydrogen-bond acceptors (Lipinski definition) is 5. The van der Waals surface area contributed by atoms with Crippen LogP contribution in [0, 0.1) is 0 Å². The molecule has 3 aromatic rings. The molecular weight excluding hydrogens is 330 g/mol. The smallest absolute Gasteiger partial charge is 0.259 e. The number of aryl methyl sites for hydroxylation is 1. The molecule has 0 aliphatic heterocycles. The zero-order chi connectivity index (χ0) is 18.2. The molecule has 7 heteroatoms. The van der Waals surface area contributed by atoms with Crippen LogP contribution in [0.25, 0.3) is 0 Å². The standard InChI is InChI=1S/C19H21N5O2/c1-26-16-6-2-5-15(13-16)23-19(25)17-7-3-8-21-18(17)22-9-4-11-24-12-10-20-14-24/h2-3,5-8,10,12-14H,4,9,11H2,1H3,(H,21,22)(H,23,25). The second kappa shape index (κ2) is 8.66. The van der Waals surface area contributed by atoms with Crippen LogP contribution in [0.4, 0.5) is 11.5 Å². The minimum atomic E-state index is -0.219. The van der Waals surface area contributed by atoms with Crippen molar-refractivity contribution in [2.24, 2.45) is 0 Å². The average molecular weight is 351 g/mol. The van der Waals surface area contributed by atoms with Crippen LogP contribution in [0.5, 0.6) is 5.75 Å². The molecule has 0 saturated heterocycles. The first-order chi connectivity index (χ1) is 12.8. The van der Waals surface area contributed by atoms with E-state index in [9.17, 15) is 4.79 Å². The first-order valence-electron chi connectivity index (χ1n) is 8.36. The molecule has 0 radical (unpaired) electrons. The van der Waals surface area contributed by atoms with E-state index in [2.05, 4.69) is 20.6 Å². The largest absolute Gasteiger partial charge is 0.497 e. The summed E-state index contributed by atoms with van der Waals surface area (Å²) < 4.78 is 7.19. The minimum absolute atomic E-state index is 0.219. The SMILES string of the molecule is COc1cccc(NC(=O)c2cccnc2NCCCn2ccnc2)c1. The number of anilines is 2. The molecule has 134 valence electrons. The van der Waals surface area contributed by atoms with Crippen LogP contribution in [0.1, 0.15) is 16.8 Å². The molecule has 2 N–H and O–H groups in total. The number of aromatic nitrogens is 3. The highest BCUT2D eigenvalue weighted by molar-refractivity contribution is 6.07. The van der Waals surface area contributed by atoms with Crippen LogP contribution >= 0.6 is 0 Å². The number of ether oxygens (including phenoxy) is 1. The normalized spacial score (nSPS) is 10.3. The lowest BCUT2D eigenvalue weighted by atomic mass is 10.2. The third kappa shape index (κ3) is 4.60. The van der Waals surface area contributed by atoms with Crippen LogP contribution in [-0.2, 0) is 6.54 Å². The molecule has 2 aromatic heterocycles. The topological polar surface area (TPSA) is 81.1 Å². The van der Waals surface area contributed by atoms with Crippen molar-refractivity contribution in [2.45, 2.75) is 13.0 Å². The number of nitrogens with zero attached hydrogens (tertiary/aromatic N) is 3. The monoisotopic (exact) mass is 351 g/mol. The van der Waals surface area contributed by atoms with Gasteiger partial charge >= 0.3 is 0 Å². The van der Waals surface area contributed by atoms with E-state index < -0.39 is 0 Å². The number of hydrogen-bond donors (Lipinski definition) is 2. The Balaban J connectivity index is 1.61. The van der Waals surface area contributed by atoms with E-state index in [1.165, 1.54) is 0 Å². The Morgan fingerprint density at radius 3 is 2.96 bits per heavy atom. The summed E-state index contributed by atoms with van der Waals surface area (Å²) in [6.45, 7) is 1.56. The molecule has 0 saturated carbocycles. The van der Waals surface area contributed by atoms with E-state index in [1.807, 2.05) is 29.0 Å². The number of nitrogens with one attached hydrogen (secondary N) is 2. The zero-order valence-electron chi connectivity index (χ0n) is 14.6. The maximum Gasteiger partial charge on any atom is 0.259 e. The quantitative estimate of drug-likeness (QED) is 0.610. The minimum Gasteiger partial charge on any atom is -0.497 e. The summed E-state index contributed by atoms with van der Waals surface area (Å²) in [5.74, 6) is 1.04. The predicted octanol–water partition coefficient (Wildman–Crippen LogP) is 3.04. The van der Waals surface area contributed by atoms with Gasteiger partial charge in [0, 0.05) is 43.4 Å². The van der Waals surface area contributed by atoms with Crippen LogP contribution < -0.4 is 15.4 Å². The average Bonchev–Trinajstić information content (AvgIpc) is 3.19. The summed E-state index contributed by atoms with van der Waals surface area (Å²) in [5, 5.41) is 6.11. The van der Waals surface area contributed by atoms with E-state index in [0.29, 0.717) is 29.4 Å². The Morgan fingerprint density at radius 2 is 2.15 bits per heavy atom. The van der Waals surface area contributed by atoms with Gasteiger partial charge < -0.3 is 19.9 Å². The van der Waals surface area contributed by atoms with E-state index in [0.717, 1.165) is 13.0 Å². The van der Waals surface area contributed by atoms with Gasteiger partial charge in [0.2, 0.25) is 0 Å². The van der Waals surface area contributed by atoms with Gasteiger partial charge in [0.1, 0.15) is 11.6 Å². The molecule has 0 aliphatic carbocycles. The fourth-order valence-electron chi connectivity index (χ4n) is 2.52. The van der Waals surface area contributed by atoms with Gasteiger partial charge in [-0.15, -0.1) is 0 Å². The zero-order valence-corrected chi connectivity index (χ0v) is 14.6. The predicted molar refractivity (Wildman–Crippen MR) is 101 cm³/mol. The Bertz CT molecular complexity index is 849. The maximum atomic E-state index is 12.6. The second-order valence-electron chi connectivity index (χ2n) is 5.67. The summed E-state index contributed by atoms with van der Waals surface area (Å²) in [7, 11) is 1.59. The van der Waals surface area contributed by atoms with Gasteiger partial charge in [-0.05, 0) is 30.7 Å². The molecule has 2 heterocycles. The van der Waals surface area contributed by atoms with Crippen LogP contribution in [0.15, 0.2) is 61.3 Å². The number of pyridine rings is 1. The molecule has 0 fully saturated rings. The van der Waals surface area contributed by atoms with Crippen molar-refractivity contribution >= 4 is 17.4 Å². The number of benzene rings is 1. The number of rotatable bonds is 8. The molecule has 0 unspecified atom stereocenters. The number of carbonyl (C=O) groups excluding carboxylic acids is 1. The van der Waals surface area contributed by atoms with Gasteiger partial charge in [-0.2, -0.15) is 0 Å². The lowest BCUT2D eigenvalue weighted by Gasteiger charge is -2.12. The summed E-state index contributed by atoms with van der Waals surface area (Å²) in [6, 6.07) is 10.7. The Kier molecular flexibility index (Phi) is 5.82. The molecule has 3 rings (SSSR count). The van der Waals surface area contributed by atoms with Crippen LogP contribution in [0.2, 0.25) is 0 Å². The van der Waals surface area contributed by atoms with Gasteiger partial charge in [-0.3, -0.25) is 4.79 Å². The van der Waals surface area contributed by atoms with Gasteiger partial charge in [0.25, 0.3) is 5.91 Å². The lowest BCUT2D eigenvalue weighted by molar-refractivity contribution is 0.102.